The molecule has 2 aromatic heterocycles. The first-order valence-corrected chi connectivity index (χ1v) is 9.58. The maximum absolute atomic E-state index is 14.5. The molecule has 3 amide bonds. The number of benzene rings is 2. The SMILES string of the molecule is CNC(=O)c1cc(Oc2ccc(NC(=O)Nc3ccc4c(cnn4C)c3)cc2F)ccn1. The molecule has 0 atom stereocenters. The molecule has 0 aliphatic rings. The van der Waals surface area contributed by atoms with E-state index in [-0.39, 0.29) is 28.8 Å². The summed E-state index contributed by atoms with van der Waals surface area (Å²) in [6, 6.07) is 11.8. The Kier molecular flexibility index (Phi) is 5.67. The minimum absolute atomic E-state index is 0.0629. The van der Waals surface area contributed by atoms with Gasteiger partial charge in [-0.25, -0.2) is 9.18 Å². The highest BCUT2D eigenvalue weighted by Crippen LogP contribution is 2.27. The molecule has 2 heterocycles. The molecule has 2 aromatic carbocycles. The molecule has 3 N–H and O–H groups in total. The Morgan fingerprint density at radius 1 is 1.03 bits per heavy atom. The Balaban J connectivity index is 1.42. The van der Waals surface area contributed by atoms with E-state index >= 15 is 0 Å². The van der Waals surface area contributed by atoms with Gasteiger partial charge in [-0.2, -0.15) is 5.10 Å². The molecule has 0 spiro atoms. The number of anilines is 2. The number of aryl methyl sites for hydroxylation is 1. The molecular weight excluding hydrogens is 415 g/mol. The van der Waals surface area contributed by atoms with Gasteiger partial charge in [0, 0.05) is 49.2 Å². The molecule has 0 saturated carbocycles. The summed E-state index contributed by atoms with van der Waals surface area (Å²) in [5.41, 5.74) is 1.90. The van der Waals surface area contributed by atoms with Gasteiger partial charge < -0.3 is 20.7 Å². The number of amides is 3. The molecule has 9 nitrogen and oxygen atoms in total. The van der Waals surface area contributed by atoms with Crippen LogP contribution in [0.15, 0.2) is 60.9 Å². The maximum Gasteiger partial charge on any atom is 0.323 e. The fraction of sp³-hybridized carbons (Fsp3) is 0.0909. The molecule has 0 bridgehead atoms. The van der Waals surface area contributed by atoms with Crippen LogP contribution in [0.3, 0.4) is 0 Å². The third kappa shape index (κ3) is 4.48. The highest BCUT2D eigenvalue weighted by molar-refractivity contribution is 6.01. The van der Waals surface area contributed by atoms with Gasteiger partial charge in [0.05, 0.1) is 11.7 Å². The smallest absolute Gasteiger partial charge is 0.323 e. The Morgan fingerprint density at radius 2 is 1.78 bits per heavy atom. The van der Waals surface area contributed by atoms with E-state index < -0.39 is 11.8 Å². The zero-order valence-corrected chi connectivity index (χ0v) is 17.2. The van der Waals surface area contributed by atoms with Crippen molar-refractivity contribution in [2.75, 3.05) is 17.7 Å². The average molecular weight is 434 g/mol. The lowest BCUT2D eigenvalue weighted by Gasteiger charge is -2.11. The highest BCUT2D eigenvalue weighted by atomic mass is 19.1. The van der Waals surface area contributed by atoms with Crippen LogP contribution >= 0.6 is 0 Å². The van der Waals surface area contributed by atoms with Crippen molar-refractivity contribution < 1.29 is 18.7 Å². The van der Waals surface area contributed by atoms with Crippen molar-refractivity contribution in [1.82, 2.24) is 20.1 Å². The van der Waals surface area contributed by atoms with Crippen LogP contribution in [0.2, 0.25) is 0 Å². The lowest BCUT2D eigenvalue weighted by Crippen LogP contribution is -2.19. The number of aromatic nitrogens is 3. The molecule has 10 heteroatoms. The first-order valence-electron chi connectivity index (χ1n) is 9.58. The number of hydrogen-bond acceptors (Lipinski definition) is 5. The number of nitrogens with zero attached hydrogens (tertiary/aromatic N) is 3. The van der Waals surface area contributed by atoms with Crippen molar-refractivity contribution >= 4 is 34.2 Å². The summed E-state index contributed by atoms with van der Waals surface area (Å²) >= 11 is 0. The molecule has 0 aliphatic carbocycles. The highest BCUT2D eigenvalue weighted by Gasteiger charge is 2.11. The first kappa shape index (κ1) is 20.8. The van der Waals surface area contributed by atoms with Gasteiger partial charge in [0.2, 0.25) is 0 Å². The number of fused-ring (bicyclic) bond motifs is 1. The molecule has 4 aromatic rings. The van der Waals surface area contributed by atoms with E-state index in [0.717, 1.165) is 17.0 Å². The predicted octanol–water partition coefficient (Wildman–Crippen LogP) is 3.90. The molecule has 0 fully saturated rings. The third-order valence-electron chi connectivity index (χ3n) is 4.61. The van der Waals surface area contributed by atoms with Crippen LogP contribution in [0.4, 0.5) is 20.6 Å². The van der Waals surface area contributed by atoms with Crippen LogP contribution in [0.5, 0.6) is 11.5 Å². The molecule has 0 unspecified atom stereocenters. The van der Waals surface area contributed by atoms with E-state index in [1.807, 2.05) is 13.1 Å². The molecule has 0 saturated heterocycles. The maximum atomic E-state index is 14.5. The van der Waals surface area contributed by atoms with E-state index in [4.69, 9.17) is 4.74 Å². The van der Waals surface area contributed by atoms with Crippen molar-refractivity contribution in [2.24, 2.45) is 7.05 Å². The van der Waals surface area contributed by atoms with Crippen LogP contribution in [-0.2, 0) is 7.05 Å². The van der Waals surface area contributed by atoms with Gasteiger partial charge in [-0.3, -0.25) is 14.5 Å². The van der Waals surface area contributed by atoms with Crippen LogP contribution in [-0.4, -0.2) is 33.8 Å². The number of urea groups is 1. The van der Waals surface area contributed by atoms with Gasteiger partial charge in [-0.05, 0) is 36.4 Å². The van der Waals surface area contributed by atoms with Gasteiger partial charge in [-0.15, -0.1) is 0 Å². The quantitative estimate of drug-likeness (QED) is 0.441. The van der Waals surface area contributed by atoms with Gasteiger partial charge >= 0.3 is 6.03 Å². The number of ether oxygens (including phenoxy) is 1. The summed E-state index contributed by atoms with van der Waals surface area (Å²) in [5, 5.41) is 12.8. The van der Waals surface area contributed by atoms with Crippen molar-refractivity contribution in [1.29, 1.82) is 0 Å². The van der Waals surface area contributed by atoms with E-state index in [0.29, 0.717) is 5.69 Å². The normalized spacial score (nSPS) is 10.6. The van der Waals surface area contributed by atoms with Crippen molar-refractivity contribution in [3.05, 3.63) is 72.4 Å². The van der Waals surface area contributed by atoms with E-state index in [9.17, 15) is 14.0 Å². The number of pyridine rings is 1. The lowest BCUT2D eigenvalue weighted by molar-refractivity contribution is 0.0958. The Hall–Kier alpha value is -4.47. The summed E-state index contributed by atoms with van der Waals surface area (Å²) in [7, 11) is 3.32. The van der Waals surface area contributed by atoms with Gasteiger partial charge in [0.25, 0.3) is 5.91 Å². The minimum atomic E-state index is -0.683. The molecule has 0 aliphatic heterocycles. The van der Waals surface area contributed by atoms with Crippen LogP contribution < -0.4 is 20.7 Å². The third-order valence-corrected chi connectivity index (χ3v) is 4.61. The number of nitrogens with one attached hydrogen (secondary N) is 3. The van der Waals surface area contributed by atoms with Crippen molar-refractivity contribution in [2.45, 2.75) is 0 Å². The number of carbonyl (C=O) groups is 2. The monoisotopic (exact) mass is 434 g/mol. The second-order valence-electron chi connectivity index (χ2n) is 6.82. The molecule has 32 heavy (non-hydrogen) atoms. The van der Waals surface area contributed by atoms with E-state index in [1.54, 1.807) is 23.0 Å². The van der Waals surface area contributed by atoms with E-state index in [2.05, 4.69) is 26.0 Å². The molecule has 162 valence electrons. The average Bonchev–Trinajstić information content (AvgIpc) is 3.15. The van der Waals surface area contributed by atoms with E-state index in [1.165, 1.54) is 37.5 Å². The largest absolute Gasteiger partial charge is 0.454 e. The number of carbonyl (C=O) groups excluding carboxylic acids is 2. The fourth-order valence-corrected chi connectivity index (χ4v) is 3.05. The van der Waals surface area contributed by atoms with Gasteiger partial charge in [0.1, 0.15) is 11.4 Å². The molecular formula is C22H19FN6O3. The zero-order chi connectivity index (χ0) is 22.7. The predicted molar refractivity (Wildman–Crippen MR) is 117 cm³/mol. The lowest BCUT2D eigenvalue weighted by atomic mass is 10.2. The van der Waals surface area contributed by atoms with Crippen LogP contribution in [0.1, 0.15) is 10.5 Å². The molecule has 4 rings (SSSR count). The second-order valence-corrected chi connectivity index (χ2v) is 6.82. The number of halogens is 1. The fourth-order valence-electron chi connectivity index (χ4n) is 3.05. The van der Waals surface area contributed by atoms with Crippen LogP contribution in [0, 0.1) is 5.82 Å². The first-order chi connectivity index (χ1) is 15.4. The van der Waals surface area contributed by atoms with Crippen molar-refractivity contribution in [3.63, 3.8) is 0 Å². The summed E-state index contributed by atoms with van der Waals surface area (Å²) in [4.78, 5) is 27.9. The summed E-state index contributed by atoms with van der Waals surface area (Å²) in [6.07, 6.45) is 3.09. The summed E-state index contributed by atoms with van der Waals surface area (Å²) in [6.45, 7) is 0. The Bertz CT molecular complexity index is 1320. The number of rotatable bonds is 5. The second kappa shape index (κ2) is 8.72. The van der Waals surface area contributed by atoms with Gasteiger partial charge in [0.15, 0.2) is 11.6 Å². The standard InChI is InChI=1S/C22H19FN6O3/c1-24-21(30)18-11-16(7-8-25-18)32-20-6-4-15(10-17(20)23)28-22(31)27-14-3-5-19-13(9-14)12-26-29(19)2/h3-12H,1-2H3,(H,24,30)(H2,27,28,31). The Labute approximate surface area is 182 Å². The van der Waals surface area contributed by atoms with Crippen molar-refractivity contribution in [3.8, 4) is 11.5 Å². The molecule has 0 radical (unpaired) electrons. The zero-order valence-electron chi connectivity index (χ0n) is 17.2. The minimum Gasteiger partial charge on any atom is -0.454 e. The van der Waals surface area contributed by atoms with Crippen LogP contribution in [0.25, 0.3) is 10.9 Å². The summed E-state index contributed by atoms with van der Waals surface area (Å²) in [5.74, 6) is -0.879. The topological polar surface area (TPSA) is 110 Å². The van der Waals surface area contributed by atoms with Gasteiger partial charge in [-0.1, -0.05) is 0 Å². The summed E-state index contributed by atoms with van der Waals surface area (Å²) < 4.78 is 21.8. The Morgan fingerprint density at radius 3 is 2.53 bits per heavy atom. The number of hydrogen-bond donors (Lipinski definition) is 3.